The van der Waals surface area contributed by atoms with Crippen molar-refractivity contribution in [1.82, 2.24) is 0 Å². The summed E-state index contributed by atoms with van der Waals surface area (Å²) in [6.07, 6.45) is 8.74. The summed E-state index contributed by atoms with van der Waals surface area (Å²) in [4.78, 5) is 0. The van der Waals surface area contributed by atoms with Crippen LogP contribution in [0.1, 0.15) is 47.5 Å². The fourth-order valence-electron chi connectivity index (χ4n) is 1.17. The molecule has 0 bridgehead atoms. The number of hydrogen-bond donors (Lipinski definition) is 1. The van der Waals surface area contributed by atoms with Gasteiger partial charge >= 0.3 is 0 Å². The van der Waals surface area contributed by atoms with Crippen LogP contribution in [0.25, 0.3) is 0 Å². The van der Waals surface area contributed by atoms with Gasteiger partial charge in [-0.25, -0.2) is 0 Å². The molecule has 0 aliphatic rings. The van der Waals surface area contributed by atoms with E-state index in [1.54, 1.807) is 0 Å². The molecule has 0 saturated heterocycles. The molecule has 2 N–H and O–H groups in total. The van der Waals surface area contributed by atoms with Gasteiger partial charge in [0.2, 0.25) is 0 Å². The summed E-state index contributed by atoms with van der Waals surface area (Å²) >= 11 is 0. The average molecular weight is 195 g/mol. The molecule has 1 heteroatoms. The standard InChI is InChI=1S/C13H25N/c1-6-13(4,5)9-7-8-11(2)10-12(3)14/h7-9,12H,6,10,14H2,1-5H3/b9-7-,11-8+. The van der Waals surface area contributed by atoms with E-state index in [1.807, 2.05) is 6.92 Å². The van der Waals surface area contributed by atoms with Gasteiger partial charge in [-0.1, -0.05) is 44.6 Å². The van der Waals surface area contributed by atoms with Crippen LogP contribution in [0.15, 0.2) is 23.8 Å². The zero-order valence-corrected chi connectivity index (χ0v) is 10.3. The van der Waals surface area contributed by atoms with Crippen LogP contribution >= 0.6 is 0 Å². The number of allylic oxidation sites excluding steroid dienone is 3. The zero-order chi connectivity index (χ0) is 11.2. The lowest BCUT2D eigenvalue weighted by Crippen LogP contribution is -2.14. The van der Waals surface area contributed by atoms with Gasteiger partial charge in [-0.05, 0) is 32.1 Å². The SMILES string of the molecule is CCC(C)(C)/C=C\C=C(/C)CC(C)N. The van der Waals surface area contributed by atoms with Crippen LogP contribution in [0, 0.1) is 5.41 Å². The van der Waals surface area contributed by atoms with E-state index >= 15 is 0 Å². The first kappa shape index (κ1) is 13.4. The molecule has 0 fully saturated rings. The van der Waals surface area contributed by atoms with Gasteiger partial charge in [-0.2, -0.15) is 0 Å². The molecule has 0 spiro atoms. The number of nitrogens with two attached hydrogens (primary N) is 1. The predicted octanol–water partition coefficient (Wildman–Crippen LogP) is 3.66. The lowest BCUT2D eigenvalue weighted by molar-refractivity contribution is 0.462. The van der Waals surface area contributed by atoms with Crippen LogP contribution in [-0.4, -0.2) is 6.04 Å². The van der Waals surface area contributed by atoms with E-state index in [1.165, 1.54) is 12.0 Å². The van der Waals surface area contributed by atoms with Gasteiger partial charge in [0.25, 0.3) is 0 Å². The Kier molecular flexibility index (Phi) is 5.78. The summed E-state index contributed by atoms with van der Waals surface area (Å²) in [6.45, 7) is 10.9. The molecule has 0 amide bonds. The highest BCUT2D eigenvalue weighted by Gasteiger charge is 2.08. The van der Waals surface area contributed by atoms with E-state index < -0.39 is 0 Å². The highest BCUT2D eigenvalue weighted by molar-refractivity contribution is 5.13. The monoisotopic (exact) mass is 195 g/mol. The van der Waals surface area contributed by atoms with Gasteiger partial charge in [0.05, 0.1) is 0 Å². The van der Waals surface area contributed by atoms with Crippen LogP contribution in [0.4, 0.5) is 0 Å². The molecule has 0 radical (unpaired) electrons. The van der Waals surface area contributed by atoms with Crippen molar-refractivity contribution in [2.45, 2.75) is 53.5 Å². The minimum Gasteiger partial charge on any atom is -0.328 e. The van der Waals surface area contributed by atoms with Crippen molar-refractivity contribution in [3.05, 3.63) is 23.8 Å². The molecule has 0 rings (SSSR count). The number of hydrogen-bond acceptors (Lipinski definition) is 1. The second kappa shape index (κ2) is 6.02. The van der Waals surface area contributed by atoms with Gasteiger partial charge in [0.15, 0.2) is 0 Å². The van der Waals surface area contributed by atoms with Crippen LogP contribution in [-0.2, 0) is 0 Å². The van der Waals surface area contributed by atoms with E-state index in [4.69, 9.17) is 5.73 Å². The molecule has 0 saturated carbocycles. The lowest BCUT2D eigenvalue weighted by Gasteiger charge is -2.16. The first-order valence-corrected chi connectivity index (χ1v) is 5.48. The van der Waals surface area contributed by atoms with Crippen LogP contribution in [0.5, 0.6) is 0 Å². The molecular formula is C13H25N. The molecule has 1 atom stereocenters. The average Bonchev–Trinajstić information content (AvgIpc) is 2.02. The Morgan fingerprint density at radius 1 is 1.43 bits per heavy atom. The second-order valence-corrected chi connectivity index (χ2v) is 4.90. The summed E-state index contributed by atoms with van der Waals surface area (Å²) < 4.78 is 0. The van der Waals surface area contributed by atoms with Crippen LogP contribution in [0.3, 0.4) is 0 Å². The third kappa shape index (κ3) is 6.90. The van der Waals surface area contributed by atoms with Crippen LogP contribution < -0.4 is 5.73 Å². The topological polar surface area (TPSA) is 26.0 Å². The van der Waals surface area contributed by atoms with Gasteiger partial charge < -0.3 is 5.73 Å². The summed E-state index contributed by atoms with van der Waals surface area (Å²) in [5.74, 6) is 0. The van der Waals surface area contributed by atoms with E-state index in [2.05, 4.69) is 45.9 Å². The quantitative estimate of drug-likeness (QED) is 0.666. The molecule has 1 unspecified atom stereocenters. The minimum atomic E-state index is 0.263. The molecule has 0 aromatic heterocycles. The Bertz CT molecular complexity index is 209. The molecule has 1 nitrogen and oxygen atoms in total. The van der Waals surface area contributed by atoms with E-state index in [-0.39, 0.29) is 6.04 Å². The molecule has 0 aliphatic carbocycles. The molecule has 14 heavy (non-hydrogen) atoms. The van der Waals surface area contributed by atoms with Crippen molar-refractivity contribution in [2.24, 2.45) is 11.1 Å². The Hall–Kier alpha value is -0.560. The van der Waals surface area contributed by atoms with Crippen LogP contribution in [0.2, 0.25) is 0 Å². The van der Waals surface area contributed by atoms with Crippen molar-refractivity contribution >= 4 is 0 Å². The smallest absolute Gasteiger partial charge is 0.00476 e. The van der Waals surface area contributed by atoms with Crippen molar-refractivity contribution in [3.63, 3.8) is 0 Å². The Balaban J connectivity index is 4.14. The number of rotatable bonds is 5. The van der Waals surface area contributed by atoms with Crippen molar-refractivity contribution in [3.8, 4) is 0 Å². The maximum Gasteiger partial charge on any atom is 0.00476 e. The van der Waals surface area contributed by atoms with Gasteiger partial charge in [0, 0.05) is 6.04 Å². The summed E-state index contributed by atoms with van der Waals surface area (Å²) in [7, 11) is 0. The Morgan fingerprint density at radius 3 is 2.43 bits per heavy atom. The zero-order valence-electron chi connectivity index (χ0n) is 10.3. The van der Waals surface area contributed by atoms with Gasteiger partial charge in [-0.15, -0.1) is 0 Å². The Labute approximate surface area is 89.1 Å². The Morgan fingerprint density at radius 2 is 2.00 bits per heavy atom. The van der Waals surface area contributed by atoms with Crippen molar-refractivity contribution in [2.75, 3.05) is 0 Å². The summed E-state index contributed by atoms with van der Waals surface area (Å²) in [5.41, 5.74) is 7.37. The maximum absolute atomic E-state index is 5.71. The predicted molar refractivity (Wildman–Crippen MR) is 65.2 cm³/mol. The highest BCUT2D eigenvalue weighted by Crippen LogP contribution is 2.21. The minimum absolute atomic E-state index is 0.263. The molecule has 0 aromatic rings. The highest BCUT2D eigenvalue weighted by atomic mass is 14.6. The molecular weight excluding hydrogens is 170 g/mol. The van der Waals surface area contributed by atoms with E-state index in [9.17, 15) is 0 Å². The van der Waals surface area contributed by atoms with E-state index in [0.29, 0.717) is 5.41 Å². The molecule has 0 aliphatic heterocycles. The van der Waals surface area contributed by atoms with Gasteiger partial charge in [0.1, 0.15) is 0 Å². The largest absolute Gasteiger partial charge is 0.328 e. The second-order valence-electron chi connectivity index (χ2n) is 4.90. The van der Waals surface area contributed by atoms with Gasteiger partial charge in [-0.3, -0.25) is 0 Å². The summed E-state index contributed by atoms with van der Waals surface area (Å²) in [5, 5.41) is 0. The molecule has 0 heterocycles. The fourth-order valence-corrected chi connectivity index (χ4v) is 1.17. The molecule has 82 valence electrons. The molecule has 0 aromatic carbocycles. The van der Waals surface area contributed by atoms with E-state index in [0.717, 1.165) is 6.42 Å². The summed E-state index contributed by atoms with van der Waals surface area (Å²) in [6, 6.07) is 0.263. The van der Waals surface area contributed by atoms with Crippen molar-refractivity contribution < 1.29 is 0 Å². The first-order valence-electron chi connectivity index (χ1n) is 5.48. The first-order chi connectivity index (χ1) is 6.37. The third-order valence-corrected chi connectivity index (χ3v) is 2.48. The van der Waals surface area contributed by atoms with Crippen molar-refractivity contribution in [1.29, 1.82) is 0 Å². The lowest BCUT2D eigenvalue weighted by atomic mass is 9.90. The maximum atomic E-state index is 5.71. The normalized spacial score (nSPS) is 16.3. The fraction of sp³-hybridized carbons (Fsp3) is 0.692. The third-order valence-electron chi connectivity index (χ3n) is 2.48.